The largest absolute Gasteiger partial charge is 0.507 e. The molecule has 0 saturated heterocycles. The molecule has 0 bridgehead atoms. The van der Waals surface area contributed by atoms with E-state index >= 15 is 0 Å². The molecule has 1 aromatic rings. The van der Waals surface area contributed by atoms with Crippen molar-refractivity contribution >= 4 is 18.2 Å². The Morgan fingerprint density at radius 3 is 2.76 bits per heavy atom. The first-order valence-electron chi connectivity index (χ1n) is 7.83. The molecule has 8 heteroatoms. The molecule has 0 aromatic heterocycles. The number of aliphatic hydroxyl groups is 1. The molecule has 1 unspecified atom stereocenters. The molecule has 4 N–H and O–H groups in total. The molecule has 2 aliphatic rings. The summed E-state index contributed by atoms with van der Waals surface area (Å²) in [7, 11) is 0. The average molecular weight is 342 g/mol. The van der Waals surface area contributed by atoms with Gasteiger partial charge in [0, 0.05) is 0 Å². The summed E-state index contributed by atoms with van der Waals surface area (Å²) in [5.41, 5.74) is 4.08. The van der Waals surface area contributed by atoms with E-state index in [1.165, 1.54) is 11.9 Å². The maximum absolute atomic E-state index is 12.2. The second-order valence-corrected chi connectivity index (χ2v) is 5.68. The number of carboxylic acids is 1. The maximum atomic E-state index is 12.2. The average Bonchev–Trinajstić information content (AvgIpc) is 3.08. The monoisotopic (exact) mass is 342 g/mol. The zero-order valence-electron chi connectivity index (χ0n) is 13.3. The van der Waals surface area contributed by atoms with E-state index in [9.17, 15) is 14.7 Å². The summed E-state index contributed by atoms with van der Waals surface area (Å²) in [6, 6.07) is 9.76. The van der Waals surface area contributed by atoms with Crippen LogP contribution in [0, 0.1) is 0 Å². The van der Waals surface area contributed by atoms with E-state index in [4.69, 9.17) is 5.11 Å². The Morgan fingerprint density at radius 2 is 2.04 bits per heavy atom. The molecule has 3 rings (SSSR count). The number of benzene rings is 1. The Hall–Kier alpha value is -3.29. The summed E-state index contributed by atoms with van der Waals surface area (Å²) in [6.45, 7) is -0.530. The van der Waals surface area contributed by atoms with E-state index in [2.05, 4.69) is 15.7 Å². The van der Waals surface area contributed by atoms with Crippen molar-refractivity contribution in [2.45, 2.75) is 18.9 Å². The fourth-order valence-corrected chi connectivity index (χ4v) is 2.80. The molecule has 130 valence electrons. The Bertz CT molecular complexity index is 770. The SMILES string of the molecule is O=C(O)CNC(=O)C1=C2N=CNN2C(CCc2ccccc2)C=C1O. The molecule has 0 radical (unpaired) electrons. The number of carbonyl (C=O) groups excluding carboxylic acids is 1. The third-order valence-electron chi connectivity index (χ3n) is 3.97. The summed E-state index contributed by atoms with van der Waals surface area (Å²) in [5.74, 6) is -1.77. The highest BCUT2D eigenvalue weighted by Gasteiger charge is 2.34. The first-order valence-corrected chi connectivity index (χ1v) is 7.83. The standard InChI is InChI=1S/C17H18N4O4/c22-13-8-12(7-6-11-4-2-1-3-5-11)21-16(19-10-20-21)15(13)17(25)18-9-14(23)24/h1-5,8,10,12,22H,6-7,9H2,(H,18,25)(H,19,20)(H,23,24). The summed E-state index contributed by atoms with van der Waals surface area (Å²) in [4.78, 5) is 26.9. The van der Waals surface area contributed by atoms with Crippen LogP contribution in [0.4, 0.5) is 0 Å². The van der Waals surface area contributed by atoms with Gasteiger partial charge < -0.3 is 15.5 Å². The first-order chi connectivity index (χ1) is 12.1. The van der Waals surface area contributed by atoms with Gasteiger partial charge in [-0.3, -0.25) is 20.0 Å². The molecule has 1 atom stereocenters. The number of hydrazine groups is 1. The molecule has 2 aliphatic heterocycles. The number of nitrogens with one attached hydrogen (secondary N) is 2. The van der Waals surface area contributed by atoms with Crippen LogP contribution in [-0.4, -0.2) is 46.0 Å². The smallest absolute Gasteiger partial charge is 0.322 e. The summed E-state index contributed by atoms with van der Waals surface area (Å²) < 4.78 is 0. The maximum Gasteiger partial charge on any atom is 0.322 e. The number of fused-ring (bicyclic) bond motifs is 1. The molecule has 2 heterocycles. The van der Waals surface area contributed by atoms with E-state index in [1.807, 2.05) is 30.3 Å². The van der Waals surface area contributed by atoms with Gasteiger partial charge >= 0.3 is 5.97 Å². The summed E-state index contributed by atoms with van der Waals surface area (Å²) in [5, 5.41) is 22.9. The van der Waals surface area contributed by atoms with E-state index < -0.39 is 18.4 Å². The highest BCUT2D eigenvalue weighted by molar-refractivity contribution is 5.99. The van der Waals surface area contributed by atoms with Crippen molar-refractivity contribution in [3.05, 3.63) is 59.1 Å². The number of rotatable bonds is 6. The summed E-state index contributed by atoms with van der Waals surface area (Å²) in [6.07, 6.45) is 4.50. The van der Waals surface area contributed by atoms with Gasteiger partial charge in [0.05, 0.1) is 6.04 Å². The van der Waals surface area contributed by atoms with Crippen molar-refractivity contribution in [3.63, 3.8) is 0 Å². The molecule has 0 spiro atoms. The molecular weight excluding hydrogens is 324 g/mol. The minimum atomic E-state index is -1.16. The van der Waals surface area contributed by atoms with Gasteiger partial charge in [0.25, 0.3) is 5.91 Å². The van der Waals surface area contributed by atoms with Crippen molar-refractivity contribution in [1.82, 2.24) is 15.8 Å². The predicted octanol–water partition coefficient (Wildman–Crippen LogP) is 0.704. The van der Waals surface area contributed by atoms with Crippen molar-refractivity contribution in [3.8, 4) is 0 Å². The molecule has 8 nitrogen and oxygen atoms in total. The number of carboxylic acid groups (broad SMARTS) is 1. The van der Waals surface area contributed by atoms with Crippen molar-refractivity contribution < 1.29 is 19.8 Å². The molecule has 0 fully saturated rings. The fraction of sp³-hybridized carbons (Fsp3) is 0.235. The minimum Gasteiger partial charge on any atom is -0.507 e. The first kappa shape index (κ1) is 16.6. The Morgan fingerprint density at radius 1 is 1.28 bits per heavy atom. The van der Waals surface area contributed by atoms with Crippen molar-refractivity contribution in [2.24, 2.45) is 4.99 Å². The van der Waals surface area contributed by atoms with E-state index in [0.29, 0.717) is 6.42 Å². The lowest BCUT2D eigenvalue weighted by atomic mass is 9.99. The number of aliphatic hydroxyl groups excluding tert-OH is 1. The lowest BCUT2D eigenvalue weighted by molar-refractivity contribution is -0.137. The Balaban J connectivity index is 1.75. The van der Waals surface area contributed by atoms with Gasteiger partial charge in [-0.15, -0.1) is 0 Å². The quantitative estimate of drug-likeness (QED) is 0.605. The van der Waals surface area contributed by atoms with Crippen LogP contribution in [0.5, 0.6) is 0 Å². The van der Waals surface area contributed by atoms with E-state index in [-0.39, 0.29) is 23.2 Å². The molecule has 25 heavy (non-hydrogen) atoms. The van der Waals surface area contributed by atoms with Gasteiger partial charge in [-0.1, -0.05) is 30.3 Å². The zero-order valence-corrected chi connectivity index (χ0v) is 13.3. The van der Waals surface area contributed by atoms with Crippen LogP contribution in [0.1, 0.15) is 12.0 Å². The normalized spacial score (nSPS) is 18.5. The van der Waals surface area contributed by atoms with Gasteiger partial charge in [-0.05, 0) is 24.5 Å². The number of hydrogen-bond donors (Lipinski definition) is 4. The summed E-state index contributed by atoms with van der Waals surface area (Å²) >= 11 is 0. The third kappa shape index (κ3) is 3.63. The second-order valence-electron chi connectivity index (χ2n) is 5.68. The number of hydrogen-bond acceptors (Lipinski definition) is 6. The van der Waals surface area contributed by atoms with Crippen LogP contribution in [0.2, 0.25) is 0 Å². The molecule has 1 aromatic carbocycles. The van der Waals surface area contributed by atoms with E-state index in [0.717, 1.165) is 6.42 Å². The van der Waals surface area contributed by atoms with Crippen LogP contribution in [0.25, 0.3) is 0 Å². The van der Waals surface area contributed by atoms with Crippen LogP contribution >= 0.6 is 0 Å². The zero-order chi connectivity index (χ0) is 17.8. The van der Waals surface area contributed by atoms with Gasteiger partial charge in [0.1, 0.15) is 24.2 Å². The molecule has 0 aliphatic carbocycles. The lowest BCUT2D eigenvalue weighted by Crippen LogP contribution is -2.44. The highest BCUT2D eigenvalue weighted by Crippen LogP contribution is 2.29. The van der Waals surface area contributed by atoms with Gasteiger partial charge in [-0.25, -0.2) is 4.99 Å². The second kappa shape index (κ2) is 7.08. The Labute approximate surface area is 144 Å². The van der Waals surface area contributed by atoms with Crippen LogP contribution in [0.15, 0.2) is 58.6 Å². The molecular formula is C17H18N4O4. The predicted molar refractivity (Wildman–Crippen MR) is 90.4 cm³/mol. The van der Waals surface area contributed by atoms with Crippen molar-refractivity contribution in [2.75, 3.05) is 6.54 Å². The van der Waals surface area contributed by atoms with Gasteiger partial charge in [-0.2, -0.15) is 0 Å². The third-order valence-corrected chi connectivity index (χ3v) is 3.97. The number of nitrogens with zero attached hydrogens (tertiary/aromatic N) is 2. The van der Waals surface area contributed by atoms with Gasteiger partial charge in [0.15, 0.2) is 5.82 Å². The van der Waals surface area contributed by atoms with Crippen molar-refractivity contribution in [1.29, 1.82) is 0 Å². The highest BCUT2D eigenvalue weighted by atomic mass is 16.4. The topological polar surface area (TPSA) is 114 Å². The molecule has 0 saturated carbocycles. The number of carbonyl (C=O) groups is 2. The van der Waals surface area contributed by atoms with Gasteiger partial charge in [0.2, 0.25) is 0 Å². The minimum absolute atomic E-state index is 0.0431. The fourth-order valence-electron chi connectivity index (χ4n) is 2.80. The van der Waals surface area contributed by atoms with Crippen LogP contribution < -0.4 is 10.7 Å². The number of aliphatic carboxylic acids is 1. The number of amides is 1. The molecule has 1 amide bonds. The van der Waals surface area contributed by atoms with E-state index in [1.54, 1.807) is 11.1 Å². The van der Waals surface area contributed by atoms with Crippen LogP contribution in [-0.2, 0) is 16.0 Å². The van der Waals surface area contributed by atoms with Crippen LogP contribution in [0.3, 0.4) is 0 Å². The number of aryl methyl sites for hydroxylation is 1. The Kier molecular flexibility index (Phi) is 4.69. The number of aliphatic imine (C=N–C) groups is 1. The lowest BCUT2D eigenvalue weighted by Gasteiger charge is -2.31.